The van der Waals surface area contributed by atoms with Gasteiger partial charge in [0.05, 0.1) is 0 Å². The Kier molecular flexibility index (Phi) is 10.4. The van der Waals surface area contributed by atoms with E-state index in [1.165, 1.54) is 5.56 Å². The largest absolute Gasteiger partial charge is 0.491 e. The van der Waals surface area contributed by atoms with Gasteiger partial charge in [0.2, 0.25) is 5.91 Å². The van der Waals surface area contributed by atoms with Crippen molar-refractivity contribution in [1.82, 2.24) is 4.90 Å². The quantitative estimate of drug-likeness (QED) is 0.413. The third-order valence-corrected chi connectivity index (χ3v) is 6.26. The fraction of sp³-hybridized carbons (Fsp3) is 0.481. The molecule has 1 fully saturated rings. The van der Waals surface area contributed by atoms with Crippen molar-refractivity contribution in [3.8, 4) is 5.75 Å². The van der Waals surface area contributed by atoms with Crippen LogP contribution < -0.4 is 10.5 Å². The molecule has 0 aromatic heterocycles. The molecule has 1 amide bonds. The van der Waals surface area contributed by atoms with E-state index in [1.54, 1.807) is 0 Å². The minimum Gasteiger partial charge on any atom is -0.491 e. The van der Waals surface area contributed by atoms with Gasteiger partial charge in [0.25, 0.3) is 0 Å². The molecular weight excluding hydrogens is 432 g/mol. The number of primary amides is 1. The van der Waals surface area contributed by atoms with Crippen molar-refractivity contribution >= 4 is 11.9 Å². The molecule has 0 aliphatic carbocycles. The van der Waals surface area contributed by atoms with Crippen molar-refractivity contribution in [3.63, 3.8) is 0 Å². The number of para-hydroxylation sites is 1. The maximum absolute atomic E-state index is 11.5. The van der Waals surface area contributed by atoms with E-state index in [0.29, 0.717) is 26.2 Å². The van der Waals surface area contributed by atoms with Crippen molar-refractivity contribution in [2.24, 2.45) is 11.7 Å². The first-order chi connectivity index (χ1) is 16.5. The monoisotopic (exact) mass is 468 g/mol. The lowest BCUT2D eigenvalue weighted by molar-refractivity contribution is -0.137. The topological polar surface area (TPSA) is 102 Å². The zero-order valence-corrected chi connectivity index (χ0v) is 19.7. The van der Waals surface area contributed by atoms with Crippen LogP contribution in [0.3, 0.4) is 0 Å². The number of aliphatic carboxylic acids is 1. The van der Waals surface area contributed by atoms with Gasteiger partial charge in [-0.3, -0.25) is 9.59 Å². The lowest BCUT2D eigenvalue weighted by atomic mass is 9.96. The molecule has 0 radical (unpaired) electrons. The average molecular weight is 469 g/mol. The number of nitrogens with zero attached hydrogens (tertiary/aromatic N) is 1. The highest BCUT2D eigenvalue weighted by Crippen LogP contribution is 2.22. The van der Waals surface area contributed by atoms with Gasteiger partial charge in [-0.15, -0.1) is 0 Å². The van der Waals surface area contributed by atoms with Crippen molar-refractivity contribution in [2.75, 3.05) is 32.8 Å². The van der Waals surface area contributed by atoms with Crippen LogP contribution in [-0.4, -0.2) is 60.8 Å². The third-order valence-electron chi connectivity index (χ3n) is 6.26. The molecule has 34 heavy (non-hydrogen) atoms. The number of benzene rings is 2. The minimum absolute atomic E-state index is 0.0565. The van der Waals surface area contributed by atoms with Crippen molar-refractivity contribution in [3.05, 3.63) is 65.7 Å². The molecule has 2 aromatic carbocycles. The first-order valence-corrected chi connectivity index (χ1v) is 12.1. The summed E-state index contributed by atoms with van der Waals surface area (Å²) < 4.78 is 12.3. The molecule has 0 spiro atoms. The molecule has 0 saturated carbocycles. The van der Waals surface area contributed by atoms with Crippen LogP contribution in [-0.2, 0) is 27.2 Å². The van der Waals surface area contributed by atoms with Gasteiger partial charge in [-0.2, -0.15) is 0 Å². The molecule has 1 aliphatic rings. The lowest BCUT2D eigenvalue weighted by Gasteiger charge is -2.33. The summed E-state index contributed by atoms with van der Waals surface area (Å²) in [6.45, 7) is 3.00. The van der Waals surface area contributed by atoms with Gasteiger partial charge in [0, 0.05) is 25.5 Å². The summed E-state index contributed by atoms with van der Waals surface area (Å²) in [5.74, 6) is -0.252. The first-order valence-electron chi connectivity index (χ1n) is 12.1. The van der Waals surface area contributed by atoms with Crippen molar-refractivity contribution in [1.29, 1.82) is 0 Å². The highest BCUT2D eigenvalue weighted by Gasteiger charge is 2.25. The molecule has 3 N–H and O–H groups in total. The SMILES string of the molecule is NC(=O)C1CCN(CC(COc2ccccc2CCc2ccccc2)OCCCC(=O)O)CC1. The molecule has 7 heteroatoms. The van der Waals surface area contributed by atoms with E-state index < -0.39 is 5.97 Å². The van der Waals surface area contributed by atoms with E-state index in [0.717, 1.165) is 50.1 Å². The summed E-state index contributed by atoms with van der Waals surface area (Å²) in [5.41, 5.74) is 7.90. The maximum Gasteiger partial charge on any atom is 0.303 e. The summed E-state index contributed by atoms with van der Waals surface area (Å²) in [5, 5.41) is 8.90. The predicted octanol–water partition coefficient (Wildman–Crippen LogP) is 3.30. The molecule has 1 unspecified atom stereocenters. The number of carboxylic acid groups (broad SMARTS) is 1. The molecule has 3 rings (SSSR count). The van der Waals surface area contributed by atoms with Gasteiger partial charge in [-0.25, -0.2) is 0 Å². The summed E-state index contributed by atoms with van der Waals surface area (Å²) in [7, 11) is 0. The summed E-state index contributed by atoms with van der Waals surface area (Å²) in [6, 6.07) is 18.5. The van der Waals surface area contributed by atoms with Gasteiger partial charge in [-0.1, -0.05) is 48.5 Å². The normalized spacial score (nSPS) is 15.6. The molecule has 1 heterocycles. The standard InChI is InChI=1S/C27H36N2O5/c28-27(32)23-14-16-29(17-15-23)19-24(33-18-6-11-26(30)31)20-34-25-10-5-4-9-22(25)13-12-21-7-2-1-3-8-21/h1-5,7-10,23-24H,6,11-20H2,(H2,28,32)(H,30,31). The number of hydrogen-bond acceptors (Lipinski definition) is 5. The van der Waals surface area contributed by atoms with E-state index >= 15 is 0 Å². The number of nitrogens with two attached hydrogens (primary N) is 1. The Labute approximate surface area is 201 Å². The summed E-state index contributed by atoms with van der Waals surface area (Å²) in [6.07, 6.45) is 3.68. The van der Waals surface area contributed by atoms with E-state index in [2.05, 4.69) is 35.2 Å². The number of likely N-dealkylation sites (tertiary alicyclic amines) is 1. The van der Waals surface area contributed by atoms with Crippen LogP contribution in [0.5, 0.6) is 5.75 Å². The zero-order chi connectivity index (χ0) is 24.2. The molecule has 184 valence electrons. The Hall–Kier alpha value is -2.90. The molecule has 7 nitrogen and oxygen atoms in total. The number of amides is 1. The molecule has 1 atom stereocenters. The number of aryl methyl sites for hydroxylation is 2. The van der Waals surface area contributed by atoms with Gasteiger partial charge in [0.15, 0.2) is 0 Å². The third kappa shape index (κ3) is 8.80. The fourth-order valence-electron chi connectivity index (χ4n) is 4.27. The van der Waals surface area contributed by atoms with Gasteiger partial charge in [0.1, 0.15) is 18.5 Å². The van der Waals surface area contributed by atoms with Gasteiger partial charge >= 0.3 is 5.97 Å². The van der Waals surface area contributed by atoms with Crippen molar-refractivity contribution < 1.29 is 24.2 Å². The van der Waals surface area contributed by atoms with Gasteiger partial charge < -0.3 is 25.2 Å². The number of rotatable bonds is 14. The van der Waals surface area contributed by atoms with Crippen LogP contribution in [0.15, 0.2) is 54.6 Å². The number of carboxylic acids is 1. The Bertz CT molecular complexity index is 897. The highest BCUT2D eigenvalue weighted by molar-refractivity contribution is 5.76. The van der Waals surface area contributed by atoms with Crippen LogP contribution in [0.25, 0.3) is 0 Å². The maximum atomic E-state index is 11.5. The van der Waals surface area contributed by atoms with Crippen LogP contribution in [0.4, 0.5) is 0 Å². The second-order valence-electron chi connectivity index (χ2n) is 8.87. The van der Waals surface area contributed by atoms with Crippen LogP contribution >= 0.6 is 0 Å². The Morgan fingerprint density at radius 1 is 1.03 bits per heavy atom. The number of piperidine rings is 1. The van der Waals surface area contributed by atoms with Crippen LogP contribution in [0.2, 0.25) is 0 Å². The molecule has 0 bridgehead atoms. The first kappa shape index (κ1) is 25.7. The van der Waals surface area contributed by atoms with E-state index in [-0.39, 0.29) is 24.3 Å². The number of hydrogen-bond donors (Lipinski definition) is 2. The lowest BCUT2D eigenvalue weighted by Crippen LogP contribution is -2.44. The van der Waals surface area contributed by atoms with E-state index in [9.17, 15) is 9.59 Å². The van der Waals surface area contributed by atoms with Crippen molar-refractivity contribution in [2.45, 2.75) is 44.6 Å². The molecule has 1 saturated heterocycles. The Morgan fingerprint density at radius 3 is 2.44 bits per heavy atom. The molecular formula is C27H36N2O5. The number of carbonyl (C=O) groups is 2. The number of ether oxygens (including phenoxy) is 2. The Morgan fingerprint density at radius 2 is 1.74 bits per heavy atom. The Balaban J connectivity index is 1.56. The molecule has 2 aromatic rings. The average Bonchev–Trinajstić information content (AvgIpc) is 2.85. The second-order valence-corrected chi connectivity index (χ2v) is 8.87. The van der Waals surface area contributed by atoms with Crippen LogP contribution in [0.1, 0.15) is 36.8 Å². The van der Waals surface area contributed by atoms with Crippen LogP contribution in [0, 0.1) is 5.92 Å². The fourth-order valence-corrected chi connectivity index (χ4v) is 4.27. The summed E-state index contributed by atoms with van der Waals surface area (Å²) >= 11 is 0. The van der Waals surface area contributed by atoms with E-state index in [4.69, 9.17) is 20.3 Å². The highest BCUT2D eigenvalue weighted by atomic mass is 16.5. The van der Waals surface area contributed by atoms with Gasteiger partial charge in [-0.05, 0) is 62.4 Å². The second kappa shape index (κ2) is 13.7. The summed E-state index contributed by atoms with van der Waals surface area (Å²) in [4.78, 5) is 24.6. The number of carbonyl (C=O) groups excluding carboxylic acids is 1. The zero-order valence-electron chi connectivity index (χ0n) is 19.7. The molecule has 1 aliphatic heterocycles. The predicted molar refractivity (Wildman–Crippen MR) is 131 cm³/mol. The minimum atomic E-state index is -0.822. The van der Waals surface area contributed by atoms with E-state index in [1.807, 2.05) is 24.3 Å². The smallest absolute Gasteiger partial charge is 0.303 e.